The SMILES string of the molecule is Cl.O=C1OC2CNC1C2. The number of morpholine rings is 1. The van der Waals surface area contributed by atoms with Crippen LogP contribution in [0.3, 0.4) is 0 Å². The van der Waals surface area contributed by atoms with Crippen LogP contribution in [0.5, 0.6) is 0 Å². The first-order valence-electron chi connectivity index (χ1n) is 2.80. The molecule has 2 saturated heterocycles. The fourth-order valence-electron chi connectivity index (χ4n) is 1.22. The number of halogens is 1. The Bertz CT molecular complexity index is 139. The van der Waals surface area contributed by atoms with Gasteiger partial charge in [-0.15, -0.1) is 12.4 Å². The molecule has 0 aromatic heterocycles. The first-order valence-corrected chi connectivity index (χ1v) is 2.80. The number of rotatable bonds is 0. The maximum Gasteiger partial charge on any atom is 0.323 e. The van der Waals surface area contributed by atoms with E-state index < -0.39 is 0 Å². The van der Waals surface area contributed by atoms with E-state index in [9.17, 15) is 4.79 Å². The molecule has 0 aromatic carbocycles. The van der Waals surface area contributed by atoms with E-state index in [4.69, 9.17) is 4.74 Å². The van der Waals surface area contributed by atoms with Crippen LogP contribution < -0.4 is 5.32 Å². The van der Waals surface area contributed by atoms with Crippen molar-refractivity contribution in [2.45, 2.75) is 18.6 Å². The summed E-state index contributed by atoms with van der Waals surface area (Å²) in [5.74, 6) is -0.0683. The summed E-state index contributed by atoms with van der Waals surface area (Å²) in [5, 5.41) is 3.03. The van der Waals surface area contributed by atoms with Gasteiger partial charge in [-0.25, -0.2) is 0 Å². The molecule has 4 heteroatoms. The normalized spacial score (nSPS) is 38.0. The second-order valence-electron chi connectivity index (χ2n) is 2.26. The van der Waals surface area contributed by atoms with Crippen LogP contribution in [0.4, 0.5) is 0 Å². The first kappa shape index (κ1) is 6.83. The lowest BCUT2D eigenvalue weighted by Crippen LogP contribution is -2.35. The maximum atomic E-state index is 10.6. The molecule has 0 radical (unpaired) electrons. The summed E-state index contributed by atoms with van der Waals surface area (Å²) in [7, 11) is 0. The van der Waals surface area contributed by atoms with Crippen LogP contribution in [0.1, 0.15) is 6.42 Å². The molecule has 2 bridgehead atoms. The lowest BCUT2D eigenvalue weighted by atomic mass is 10.2. The summed E-state index contributed by atoms with van der Waals surface area (Å²) in [6, 6.07) is 0.0278. The Balaban J connectivity index is 0.000000405. The van der Waals surface area contributed by atoms with Gasteiger partial charge in [0.1, 0.15) is 12.1 Å². The van der Waals surface area contributed by atoms with Gasteiger partial charge in [-0.1, -0.05) is 0 Å². The van der Waals surface area contributed by atoms with Crippen LogP contribution in [0, 0.1) is 0 Å². The molecule has 2 atom stereocenters. The van der Waals surface area contributed by atoms with Crippen LogP contribution in [-0.4, -0.2) is 24.7 Å². The third-order valence-electron chi connectivity index (χ3n) is 1.66. The largest absolute Gasteiger partial charge is 0.460 e. The van der Waals surface area contributed by atoms with Crippen molar-refractivity contribution in [3.05, 3.63) is 0 Å². The van der Waals surface area contributed by atoms with Gasteiger partial charge in [0.05, 0.1) is 0 Å². The van der Waals surface area contributed by atoms with E-state index >= 15 is 0 Å². The smallest absolute Gasteiger partial charge is 0.323 e. The molecule has 2 aliphatic rings. The van der Waals surface area contributed by atoms with Gasteiger partial charge >= 0.3 is 5.97 Å². The monoisotopic (exact) mass is 149 g/mol. The second-order valence-corrected chi connectivity index (χ2v) is 2.26. The molecular formula is C5H8ClNO2. The molecule has 0 spiro atoms. The zero-order valence-electron chi connectivity index (χ0n) is 4.79. The minimum atomic E-state index is -0.0683. The molecule has 2 unspecified atom stereocenters. The summed E-state index contributed by atoms with van der Waals surface area (Å²) < 4.78 is 4.86. The standard InChI is InChI=1S/C5H7NO2.ClH/c7-5-4-1-3(8-5)2-6-4;/h3-4,6H,1-2H2;1H. The van der Waals surface area contributed by atoms with Crippen molar-refractivity contribution in [3.8, 4) is 0 Å². The van der Waals surface area contributed by atoms with Gasteiger partial charge in [0, 0.05) is 13.0 Å². The first-order chi connectivity index (χ1) is 3.86. The van der Waals surface area contributed by atoms with Crippen molar-refractivity contribution in [1.82, 2.24) is 5.32 Å². The molecule has 0 amide bonds. The third kappa shape index (κ3) is 0.904. The highest BCUT2D eigenvalue weighted by Crippen LogP contribution is 2.19. The van der Waals surface area contributed by atoms with Gasteiger partial charge in [0.25, 0.3) is 0 Å². The Morgan fingerprint density at radius 1 is 1.67 bits per heavy atom. The van der Waals surface area contributed by atoms with Crippen molar-refractivity contribution < 1.29 is 9.53 Å². The molecule has 2 aliphatic heterocycles. The number of hydrogen-bond donors (Lipinski definition) is 1. The second kappa shape index (κ2) is 2.15. The molecule has 0 aromatic rings. The van der Waals surface area contributed by atoms with E-state index in [0.717, 1.165) is 13.0 Å². The highest BCUT2D eigenvalue weighted by Gasteiger charge is 2.39. The quantitative estimate of drug-likeness (QED) is 0.481. The van der Waals surface area contributed by atoms with Gasteiger partial charge in [0.15, 0.2) is 0 Å². The highest BCUT2D eigenvalue weighted by atomic mass is 35.5. The van der Waals surface area contributed by atoms with Crippen molar-refractivity contribution in [2.75, 3.05) is 6.54 Å². The predicted molar refractivity (Wildman–Crippen MR) is 33.5 cm³/mol. The topological polar surface area (TPSA) is 38.3 Å². The molecule has 52 valence electrons. The summed E-state index contributed by atoms with van der Waals surface area (Å²) in [4.78, 5) is 10.6. The number of carbonyl (C=O) groups is 1. The van der Waals surface area contributed by atoms with Crippen molar-refractivity contribution in [2.24, 2.45) is 0 Å². The Morgan fingerprint density at radius 3 is 2.67 bits per heavy atom. The lowest BCUT2D eigenvalue weighted by Gasteiger charge is -2.09. The summed E-state index contributed by atoms with van der Waals surface area (Å²) >= 11 is 0. The minimum Gasteiger partial charge on any atom is -0.460 e. The Morgan fingerprint density at radius 2 is 2.44 bits per heavy atom. The van der Waals surface area contributed by atoms with Gasteiger partial charge in [-0.3, -0.25) is 4.79 Å². The maximum absolute atomic E-state index is 10.6. The average Bonchev–Trinajstić information content (AvgIpc) is 2.23. The summed E-state index contributed by atoms with van der Waals surface area (Å²) in [6.07, 6.45) is 1.08. The zero-order chi connectivity index (χ0) is 5.56. The summed E-state index contributed by atoms with van der Waals surface area (Å²) in [6.45, 7) is 0.858. The molecule has 0 aliphatic carbocycles. The summed E-state index contributed by atoms with van der Waals surface area (Å²) in [5.41, 5.74) is 0. The van der Waals surface area contributed by atoms with E-state index in [1.165, 1.54) is 0 Å². The van der Waals surface area contributed by atoms with E-state index in [-0.39, 0.29) is 30.5 Å². The molecule has 2 heterocycles. The van der Waals surface area contributed by atoms with Crippen molar-refractivity contribution >= 4 is 18.4 Å². The molecule has 9 heavy (non-hydrogen) atoms. The average molecular weight is 150 g/mol. The van der Waals surface area contributed by atoms with E-state index in [0.29, 0.717) is 0 Å². The number of ether oxygens (including phenoxy) is 1. The molecule has 3 nitrogen and oxygen atoms in total. The van der Waals surface area contributed by atoms with E-state index in [1.807, 2.05) is 0 Å². The number of carbonyl (C=O) groups excluding carboxylic acids is 1. The van der Waals surface area contributed by atoms with Crippen molar-refractivity contribution in [1.29, 1.82) is 0 Å². The highest BCUT2D eigenvalue weighted by molar-refractivity contribution is 5.85. The minimum absolute atomic E-state index is 0. The third-order valence-corrected chi connectivity index (χ3v) is 1.66. The van der Waals surface area contributed by atoms with Gasteiger partial charge in [0.2, 0.25) is 0 Å². The molecule has 2 rings (SSSR count). The van der Waals surface area contributed by atoms with Crippen LogP contribution in [0.25, 0.3) is 0 Å². The molecular weight excluding hydrogens is 142 g/mol. The van der Waals surface area contributed by atoms with Gasteiger partial charge in [-0.2, -0.15) is 0 Å². The van der Waals surface area contributed by atoms with Gasteiger partial charge < -0.3 is 10.1 Å². The van der Waals surface area contributed by atoms with E-state index in [2.05, 4.69) is 5.32 Å². The molecule has 0 saturated carbocycles. The Kier molecular flexibility index (Phi) is 1.64. The number of hydrogen-bond acceptors (Lipinski definition) is 3. The van der Waals surface area contributed by atoms with Gasteiger partial charge in [-0.05, 0) is 0 Å². The Labute approximate surface area is 59.2 Å². The van der Waals surface area contributed by atoms with Crippen LogP contribution >= 0.6 is 12.4 Å². The fraction of sp³-hybridized carbons (Fsp3) is 0.800. The molecule has 2 fully saturated rings. The van der Waals surface area contributed by atoms with Crippen LogP contribution in [-0.2, 0) is 9.53 Å². The zero-order valence-corrected chi connectivity index (χ0v) is 5.61. The van der Waals surface area contributed by atoms with Crippen LogP contribution in [0.15, 0.2) is 0 Å². The fourth-order valence-corrected chi connectivity index (χ4v) is 1.22. The lowest BCUT2D eigenvalue weighted by molar-refractivity contribution is -0.145. The van der Waals surface area contributed by atoms with Crippen molar-refractivity contribution in [3.63, 3.8) is 0 Å². The number of nitrogens with one attached hydrogen (secondary N) is 1. The number of esters is 1. The number of fused-ring (bicyclic) bond motifs is 2. The van der Waals surface area contributed by atoms with E-state index in [1.54, 1.807) is 0 Å². The Hall–Kier alpha value is -0.280. The van der Waals surface area contributed by atoms with Crippen LogP contribution in [0.2, 0.25) is 0 Å². The predicted octanol–water partition coefficient (Wildman–Crippen LogP) is -0.304. The molecule has 1 N–H and O–H groups in total.